The molecule has 15 heteroatoms. The van der Waals surface area contributed by atoms with Crippen molar-refractivity contribution in [2.24, 2.45) is 5.29 Å². The van der Waals surface area contributed by atoms with Crippen LogP contribution < -0.4 is 0 Å². The van der Waals surface area contributed by atoms with Crippen molar-refractivity contribution in [2.45, 2.75) is 75.5 Å². The van der Waals surface area contributed by atoms with Crippen LogP contribution in [-0.2, 0) is 10.3 Å². The van der Waals surface area contributed by atoms with E-state index >= 15 is 0 Å². The molecule has 31 heavy (non-hydrogen) atoms. The molecule has 1 aromatic rings. The van der Waals surface area contributed by atoms with Crippen molar-refractivity contribution >= 4 is 40.3 Å². The second-order valence-electron chi connectivity index (χ2n) is 8.13. The second kappa shape index (κ2) is 8.23. The van der Waals surface area contributed by atoms with Crippen molar-refractivity contribution in [3.05, 3.63) is 19.8 Å². The molecule has 0 N–H and O–H groups in total. The maximum absolute atomic E-state index is 12.7. The second-order valence-corrected chi connectivity index (χ2v) is 9.65. The smallest absolute Gasteiger partial charge is 0.434 e. The lowest BCUT2D eigenvalue weighted by molar-refractivity contribution is -0.193. The summed E-state index contributed by atoms with van der Waals surface area (Å²) in [5.41, 5.74) is -5.30. The van der Waals surface area contributed by atoms with Crippen LogP contribution in [-0.4, -0.2) is 44.4 Å². The summed E-state index contributed by atoms with van der Waals surface area (Å²) < 4.78 is 82.1. The fourth-order valence-corrected chi connectivity index (χ4v) is 3.28. The molecule has 2 aliphatic carbocycles. The average Bonchev–Trinajstić information content (AvgIpc) is 3.47. The maximum atomic E-state index is 12.7. The molecule has 2 saturated carbocycles. The Kier molecular flexibility index (Phi) is 6.88. The number of carbonyl (C=O) groups is 1. The van der Waals surface area contributed by atoms with E-state index in [1.807, 2.05) is 22.6 Å². The van der Waals surface area contributed by atoms with E-state index in [1.54, 1.807) is 0 Å². The van der Waals surface area contributed by atoms with Crippen molar-refractivity contribution in [3.8, 4) is 0 Å². The molecule has 2 fully saturated rings. The number of nitroso groups, excluding NO2 is 1. The van der Waals surface area contributed by atoms with Gasteiger partial charge in [0, 0.05) is 0 Å². The van der Waals surface area contributed by atoms with Crippen LogP contribution >= 0.6 is 34.2 Å². The van der Waals surface area contributed by atoms with E-state index in [4.69, 9.17) is 16.3 Å². The van der Waals surface area contributed by atoms with Gasteiger partial charge in [0.2, 0.25) is 0 Å². The number of ether oxygens (including phenoxy) is 1. The van der Waals surface area contributed by atoms with Crippen LogP contribution in [0.4, 0.5) is 31.1 Å². The summed E-state index contributed by atoms with van der Waals surface area (Å²) in [4.78, 5) is 21.9. The molecule has 1 heterocycles. The number of amides is 1. The Morgan fingerprint density at radius 2 is 1.68 bits per heavy atom. The van der Waals surface area contributed by atoms with Gasteiger partial charge in [-0.25, -0.2) is 9.48 Å². The summed E-state index contributed by atoms with van der Waals surface area (Å²) in [6.07, 6.45) is -9.52. The summed E-state index contributed by atoms with van der Waals surface area (Å²) in [6, 6.07) is 0. The van der Waals surface area contributed by atoms with E-state index in [0.717, 1.165) is 4.68 Å². The summed E-state index contributed by atoms with van der Waals surface area (Å²) in [7, 11) is 0. The van der Waals surface area contributed by atoms with Gasteiger partial charge in [-0.3, -0.25) is 0 Å². The van der Waals surface area contributed by atoms with Gasteiger partial charge in [-0.05, 0) is 69.0 Å². The number of hydrogen-bond acceptors (Lipinski definition) is 5. The minimum absolute atomic E-state index is 0.0635. The van der Waals surface area contributed by atoms with Crippen molar-refractivity contribution < 1.29 is 35.9 Å². The Morgan fingerprint density at radius 3 is 1.94 bits per heavy atom. The molecular formula is C16H18ClF6IN4O3. The molecule has 0 spiro atoms. The third kappa shape index (κ3) is 5.20. The zero-order valence-electron chi connectivity index (χ0n) is 16.4. The summed E-state index contributed by atoms with van der Waals surface area (Å²) in [6.45, 7) is 4.46. The van der Waals surface area contributed by atoms with Crippen LogP contribution in [0.5, 0.6) is 0 Å². The zero-order chi connectivity index (χ0) is 24.0. The van der Waals surface area contributed by atoms with E-state index in [9.17, 15) is 36.0 Å². The first-order valence-electron chi connectivity index (χ1n) is 8.81. The molecule has 0 saturated heterocycles. The predicted molar refractivity (Wildman–Crippen MR) is 105 cm³/mol. The molecule has 0 aliphatic heterocycles. The van der Waals surface area contributed by atoms with E-state index < -0.39 is 35.1 Å². The zero-order valence-corrected chi connectivity index (χ0v) is 19.4. The minimum Gasteiger partial charge on any atom is -0.442 e. The first-order chi connectivity index (χ1) is 13.9. The van der Waals surface area contributed by atoms with Crippen LogP contribution in [0.25, 0.3) is 0 Å². The van der Waals surface area contributed by atoms with E-state index in [2.05, 4.69) is 10.4 Å². The summed E-state index contributed by atoms with van der Waals surface area (Å²) >= 11 is 7.59. The van der Waals surface area contributed by atoms with Gasteiger partial charge in [0.25, 0.3) is 0 Å². The fourth-order valence-electron chi connectivity index (χ4n) is 2.67. The highest BCUT2D eigenvalue weighted by Gasteiger charge is 2.70. The topological polar surface area (TPSA) is 76.8 Å². The molecule has 0 radical (unpaired) electrons. The molecular weight excluding hydrogens is 573 g/mol. The molecule has 1 aromatic heterocycles. The largest absolute Gasteiger partial charge is 0.442 e. The third-order valence-corrected chi connectivity index (χ3v) is 6.10. The summed E-state index contributed by atoms with van der Waals surface area (Å²) in [5, 5.41) is 5.76. The van der Waals surface area contributed by atoms with E-state index in [1.165, 1.54) is 27.0 Å². The Labute approximate surface area is 191 Å². The van der Waals surface area contributed by atoms with Gasteiger partial charge in [0.15, 0.2) is 11.1 Å². The van der Waals surface area contributed by atoms with Gasteiger partial charge in [0.1, 0.15) is 10.8 Å². The van der Waals surface area contributed by atoms with Crippen LogP contribution in [0, 0.1) is 8.48 Å². The SMILES string of the molecule is CC(C)(C)OC(=O)N(N=O)C1(C(F)(F)F)CC1.FC(F)(F)C1(n2ncc(I)c2Cl)CC1. The monoisotopic (exact) mass is 590 g/mol. The third-order valence-electron chi connectivity index (χ3n) is 4.63. The van der Waals surface area contributed by atoms with Crippen LogP contribution in [0.2, 0.25) is 5.15 Å². The molecule has 2 aliphatic rings. The molecule has 1 amide bonds. The maximum Gasteiger partial charge on any atom is 0.434 e. The Balaban J connectivity index is 0.000000224. The highest BCUT2D eigenvalue weighted by atomic mass is 127. The molecule has 0 atom stereocenters. The lowest BCUT2D eigenvalue weighted by Gasteiger charge is -2.28. The number of halogens is 8. The molecule has 0 bridgehead atoms. The first kappa shape index (κ1) is 25.9. The number of rotatable bonds is 3. The van der Waals surface area contributed by atoms with Crippen LogP contribution in [0.3, 0.4) is 0 Å². The van der Waals surface area contributed by atoms with Gasteiger partial charge in [-0.15, -0.1) is 9.92 Å². The van der Waals surface area contributed by atoms with Gasteiger partial charge in [0.05, 0.1) is 15.1 Å². The summed E-state index contributed by atoms with van der Waals surface area (Å²) in [5.74, 6) is 0. The molecule has 0 aromatic carbocycles. The normalized spacial score (nSPS) is 19.1. The van der Waals surface area contributed by atoms with Crippen molar-refractivity contribution in [1.29, 1.82) is 0 Å². The van der Waals surface area contributed by atoms with E-state index in [0.29, 0.717) is 3.57 Å². The highest BCUT2D eigenvalue weighted by molar-refractivity contribution is 14.1. The van der Waals surface area contributed by atoms with Crippen molar-refractivity contribution in [1.82, 2.24) is 14.8 Å². The number of nitrogens with zero attached hydrogens (tertiary/aromatic N) is 4. The van der Waals surface area contributed by atoms with Gasteiger partial charge < -0.3 is 4.74 Å². The van der Waals surface area contributed by atoms with Crippen molar-refractivity contribution in [3.63, 3.8) is 0 Å². The van der Waals surface area contributed by atoms with Crippen molar-refractivity contribution in [2.75, 3.05) is 0 Å². The lowest BCUT2D eigenvalue weighted by Crippen LogP contribution is -2.49. The van der Waals surface area contributed by atoms with Gasteiger partial charge in [-0.1, -0.05) is 11.6 Å². The number of aromatic nitrogens is 2. The standard InChI is InChI=1S/C9H13F3N2O3.C7H5ClF3IN2/c1-7(2,3)17-6(15)14(13-16)8(4-5-8)9(10,11)12;8-5-4(12)3-13-14(5)6(1-2-6)7(9,10)11/h4-5H2,1-3H3;3H,1-2H2. The molecule has 7 nitrogen and oxygen atoms in total. The van der Waals surface area contributed by atoms with Gasteiger partial charge >= 0.3 is 18.4 Å². The lowest BCUT2D eigenvalue weighted by atomic mass is 10.2. The molecule has 0 unspecified atom stereocenters. The highest BCUT2D eigenvalue weighted by Crippen LogP contribution is 2.56. The Bertz CT molecular complexity index is 844. The Hall–Kier alpha value is -1.32. The van der Waals surface area contributed by atoms with E-state index in [-0.39, 0.29) is 35.8 Å². The Morgan fingerprint density at radius 1 is 1.16 bits per heavy atom. The molecule has 176 valence electrons. The van der Waals surface area contributed by atoms with Gasteiger partial charge in [-0.2, -0.15) is 31.4 Å². The first-order valence-corrected chi connectivity index (χ1v) is 10.3. The number of carbonyl (C=O) groups excluding carboxylic acids is 1. The number of hydrogen-bond donors (Lipinski definition) is 0. The minimum atomic E-state index is -4.68. The average molecular weight is 591 g/mol. The van der Waals surface area contributed by atoms with Crippen LogP contribution in [0.15, 0.2) is 11.5 Å². The number of alkyl halides is 6. The van der Waals surface area contributed by atoms with Crippen LogP contribution in [0.1, 0.15) is 46.5 Å². The quantitative estimate of drug-likeness (QED) is 0.182. The molecule has 3 rings (SSSR count). The fraction of sp³-hybridized carbons (Fsp3) is 0.750. The predicted octanol–water partition coefficient (Wildman–Crippen LogP) is 6.19.